The monoisotopic (exact) mass is 289 g/mol. The van der Waals surface area contributed by atoms with Gasteiger partial charge in [0, 0.05) is 5.56 Å². The molecular formula is C16H19NO4. The molecule has 1 heterocycles. The molecule has 0 spiro atoms. The number of rotatable bonds is 7. The maximum atomic E-state index is 11.5. The molecule has 0 unspecified atom stereocenters. The van der Waals surface area contributed by atoms with Gasteiger partial charge in [-0.3, -0.25) is 10.1 Å². The summed E-state index contributed by atoms with van der Waals surface area (Å²) in [7, 11) is 0. The molecule has 1 aromatic carbocycles. The highest BCUT2D eigenvalue weighted by Crippen LogP contribution is 2.23. The fraction of sp³-hybridized carbons (Fsp3) is 0.375. The van der Waals surface area contributed by atoms with Crippen molar-refractivity contribution in [2.75, 3.05) is 6.61 Å². The molecule has 21 heavy (non-hydrogen) atoms. The van der Waals surface area contributed by atoms with Gasteiger partial charge in [-0.25, -0.2) is 4.79 Å². The Bertz CT molecular complexity index is 551. The lowest BCUT2D eigenvalue weighted by molar-refractivity contribution is -0.116. The van der Waals surface area contributed by atoms with Crippen molar-refractivity contribution in [2.45, 2.75) is 32.6 Å². The molecule has 112 valence electrons. The molecule has 0 bridgehead atoms. The molecule has 1 fully saturated rings. The first kappa shape index (κ1) is 15.1. The lowest BCUT2D eigenvalue weighted by Gasteiger charge is -2.09. The van der Waals surface area contributed by atoms with Crippen molar-refractivity contribution in [3.63, 3.8) is 0 Å². The maximum Gasteiger partial charge on any atom is 0.419 e. The summed E-state index contributed by atoms with van der Waals surface area (Å²) in [6.45, 7) is 2.79. The predicted octanol–water partition coefficient (Wildman–Crippen LogP) is 3.25. The fourth-order valence-electron chi connectivity index (χ4n) is 2.00. The third-order valence-corrected chi connectivity index (χ3v) is 3.10. The van der Waals surface area contributed by atoms with Gasteiger partial charge >= 0.3 is 6.09 Å². The topological polar surface area (TPSA) is 64.6 Å². The zero-order chi connectivity index (χ0) is 15.1. The average Bonchev–Trinajstić information content (AvgIpc) is 2.78. The minimum absolute atomic E-state index is 0.0120. The highest BCUT2D eigenvalue weighted by Gasteiger charge is 2.26. The summed E-state index contributed by atoms with van der Waals surface area (Å²) < 4.78 is 10.5. The van der Waals surface area contributed by atoms with Crippen LogP contribution in [0.3, 0.4) is 0 Å². The Morgan fingerprint density at radius 1 is 1.19 bits per heavy atom. The first-order chi connectivity index (χ1) is 10.2. The number of amides is 2. The van der Waals surface area contributed by atoms with E-state index in [1.807, 2.05) is 24.3 Å². The molecule has 2 amide bonds. The number of alkyl carbamates (subject to hydrolysis) is 1. The zero-order valence-corrected chi connectivity index (χ0v) is 12.1. The minimum Gasteiger partial charge on any atom is -0.493 e. The van der Waals surface area contributed by atoms with Crippen molar-refractivity contribution in [1.82, 2.24) is 5.32 Å². The number of hydrogen-bond donors (Lipinski definition) is 1. The molecule has 5 nitrogen and oxygen atoms in total. The van der Waals surface area contributed by atoms with Gasteiger partial charge in [0.25, 0.3) is 5.91 Å². The van der Waals surface area contributed by atoms with Gasteiger partial charge in [-0.15, -0.1) is 0 Å². The van der Waals surface area contributed by atoms with Gasteiger partial charge in [-0.05, 0) is 18.6 Å². The van der Waals surface area contributed by atoms with Crippen LogP contribution in [0.15, 0.2) is 30.0 Å². The SMILES string of the molecule is CCCCCCOc1ccccc1C=C1OC(=O)NC1=O. The van der Waals surface area contributed by atoms with Crippen LogP contribution in [0, 0.1) is 0 Å². The Labute approximate surface area is 123 Å². The Hall–Kier alpha value is -2.30. The fourth-order valence-corrected chi connectivity index (χ4v) is 2.00. The van der Waals surface area contributed by atoms with Crippen LogP contribution in [0.5, 0.6) is 5.75 Å². The average molecular weight is 289 g/mol. The number of carbonyl (C=O) groups is 2. The second-order valence-electron chi connectivity index (χ2n) is 4.80. The van der Waals surface area contributed by atoms with Gasteiger partial charge in [0.1, 0.15) is 5.75 Å². The number of ether oxygens (including phenoxy) is 2. The third kappa shape index (κ3) is 4.34. The van der Waals surface area contributed by atoms with Crippen molar-refractivity contribution in [2.24, 2.45) is 0 Å². The molecule has 0 radical (unpaired) electrons. The van der Waals surface area contributed by atoms with Gasteiger partial charge in [-0.1, -0.05) is 44.4 Å². The standard InChI is InChI=1S/C16H19NO4/c1-2-3-4-7-10-20-13-9-6-5-8-12(13)11-14-15(18)17-16(19)21-14/h5-6,8-9,11H,2-4,7,10H2,1H3,(H,17,18,19). The summed E-state index contributed by atoms with van der Waals surface area (Å²) in [5.74, 6) is 0.136. The molecule has 1 N–H and O–H groups in total. The quantitative estimate of drug-likeness (QED) is 0.618. The Morgan fingerprint density at radius 3 is 2.71 bits per heavy atom. The van der Waals surface area contributed by atoms with Crippen molar-refractivity contribution >= 4 is 18.1 Å². The number of hydrogen-bond acceptors (Lipinski definition) is 4. The van der Waals surface area contributed by atoms with Crippen LogP contribution in [0.4, 0.5) is 4.79 Å². The van der Waals surface area contributed by atoms with E-state index in [1.54, 1.807) is 0 Å². The largest absolute Gasteiger partial charge is 0.493 e. The van der Waals surface area contributed by atoms with Crippen LogP contribution in [-0.2, 0) is 9.53 Å². The van der Waals surface area contributed by atoms with E-state index in [9.17, 15) is 9.59 Å². The third-order valence-electron chi connectivity index (χ3n) is 3.10. The Morgan fingerprint density at radius 2 is 2.00 bits per heavy atom. The van der Waals surface area contributed by atoms with Crippen molar-refractivity contribution in [3.8, 4) is 5.75 Å². The van der Waals surface area contributed by atoms with Gasteiger partial charge in [0.05, 0.1) is 6.61 Å². The molecule has 1 aliphatic heterocycles. The van der Waals surface area contributed by atoms with E-state index in [-0.39, 0.29) is 5.76 Å². The van der Waals surface area contributed by atoms with Crippen molar-refractivity contribution < 1.29 is 19.1 Å². The lowest BCUT2D eigenvalue weighted by Crippen LogP contribution is -2.18. The van der Waals surface area contributed by atoms with Gasteiger partial charge in [-0.2, -0.15) is 0 Å². The second kappa shape index (κ2) is 7.47. The molecule has 0 aliphatic carbocycles. The van der Waals surface area contributed by atoms with Crippen LogP contribution in [-0.4, -0.2) is 18.6 Å². The van der Waals surface area contributed by atoms with Gasteiger partial charge in [0.15, 0.2) is 5.76 Å². The van der Waals surface area contributed by atoms with E-state index in [1.165, 1.54) is 18.9 Å². The van der Waals surface area contributed by atoms with Crippen LogP contribution in [0.1, 0.15) is 38.2 Å². The minimum atomic E-state index is -0.746. The summed E-state index contributed by atoms with van der Waals surface area (Å²) in [6.07, 6.45) is 5.29. The molecule has 0 aromatic heterocycles. The Balaban J connectivity index is 2.02. The number of cyclic esters (lactones) is 1. The number of unbranched alkanes of at least 4 members (excludes halogenated alkanes) is 3. The summed E-state index contributed by atoms with van der Waals surface area (Å²) in [5.41, 5.74) is 0.716. The van der Waals surface area contributed by atoms with E-state index in [4.69, 9.17) is 9.47 Å². The number of nitrogens with one attached hydrogen (secondary N) is 1. The molecule has 1 aromatic rings. The van der Waals surface area contributed by atoms with E-state index in [0.717, 1.165) is 12.8 Å². The zero-order valence-electron chi connectivity index (χ0n) is 12.1. The smallest absolute Gasteiger partial charge is 0.419 e. The molecule has 0 atom stereocenters. The Kier molecular flexibility index (Phi) is 5.37. The number of para-hydroxylation sites is 1. The van der Waals surface area contributed by atoms with Crippen LogP contribution < -0.4 is 10.1 Å². The summed E-state index contributed by atoms with van der Waals surface area (Å²) in [4.78, 5) is 22.5. The first-order valence-corrected chi connectivity index (χ1v) is 7.17. The van der Waals surface area contributed by atoms with Crippen LogP contribution in [0.25, 0.3) is 6.08 Å². The lowest BCUT2D eigenvalue weighted by atomic mass is 10.1. The van der Waals surface area contributed by atoms with Crippen molar-refractivity contribution in [1.29, 1.82) is 0 Å². The summed E-state index contributed by atoms with van der Waals surface area (Å²) >= 11 is 0. The van der Waals surface area contributed by atoms with Gasteiger partial charge < -0.3 is 9.47 Å². The molecular weight excluding hydrogens is 270 g/mol. The second-order valence-corrected chi connectivity index (χ2v) is 4.80. The molecule has 2 rings (SSSR count). The first-order valence-electron chi connectivity index (χ1n) is 7.17. The van der Waals surface area contributed by atoms with E-state index in [0.29, 0.717) is 17.9 Å². The summed E-state index contributed by atoms with van der Waals surface area (Å²) in [5, 5.41) is 2.06. The normalized spacial score (nSPS) is 16.0. The molecule has 5 heteroatoms. The maximum absolute atomic E-state index is 11.5. The van der Waals surface area contributed by atoms with Crippen LogP contribution >= 0.6 is 0 Å². The van der Waals surface area contributed by atoms with E-state index < -0.39 is 12.0 Å². The summed E-state index contributed by atoms with van der Waals surface area (Å²) in [6, 6.07) is 7.35. The van der Waals surface area contributed by atoms with E-state index in [2.05, 4.69) is 12.2 Å². The highest BCUT2D eigenvalue weighted by atomic mass is 16.6. The number of benzene rings is 1. The van der Waals surface area contributed by atoms with Crippen molar-refractivity contribution in [3.05, 3.63) is 35.6 Å². The predicted molar refractivity (Wildman–Crippen MR) is 78.7 cm³/mol. The number of imide groups is 1. The van der Waals surface area contributed by atoms with Gasteiger partial charge in [0.2, 0.25) is 0 Å². The van der Waals surface area contributed by atoms with E-state index >= 15 is 0 Å². The number of carbonyl (C=O) groups excluding carboxylic acids is 2. The molecule has 0 saturated carbocycles. The molecule has 1 aliphatic rings. The van der Waals surface area contributed by atoms with Crippen LogP contribution in [0.2, 0.25) is 0 Å². The molecule has 1 saturated heterocycles. The highest BCUT2D eigenvalue weighted by molar-refractivity contribution is 6.10.